The second kappa shape index (κ2) is 9.97. The first kappa shape index (κ1) is 22.3. The van der Waals surface area contributed by atoms with E-state index in [1.165, 1.54) is 25.4 Å². The molecule has 9 nitrogen and oxygen atoms in total. The molecule has 0 aliphatic rings. The number of urea groups is 1. The van der Waals surface area contributed by atoms with Crippen molar-refractivity contribution in [3.05, 3.63) is 47.9 Å². The highest BCUT2D eigenvalue weighted by molar-refractivity contribution is 7.90. The molecule has 0 spiro atoms. The first-order valence-corrected chi connectivity index (χ1v) is 10.6. The van der Waals surface area contributed by atoms with Crippen LogP contribution in [0.2, 0.25) is 0 Å². The van der Waals surface area contributed by atoms with Crippen LogP contribution in [-0.4, -0.2) is 34.0 Å². The molecule has 158 valence electrons. The molecule has 10 heteroatoms. The third kappa shape index (κ3) is 6.24. The highest BCUT2D eigenvalue weighted by Gasteiger charge is 2.23. The van der Waals surface area contributed by atoms with E-state index < -0.39 is 16.1 Å². The molecule has 1 heterocycles. The number of sulfonamides is 1. The second-order valence-corrected chi connectivity index (χ2v) is 7.95. The molecule has 3 amide bonds. The van der Waals surface area contributed by atoms with Crippen molar-refractivity contribution in [2.24, 2.45) is 0 Å². The van der Waals surface area contributed by atoms with Gasteiger partial charge < -0.3 is 19.8 Å². The minimum atomic E-state index is -4.18. The summed E-state index contributed by atoms with van der Waals surface area (Å²) < 4.78 is 37.8. The average molecular weight is 423 g/mol. The zero-order valence-corrected chi connectivity index (χ0v) is 17.3. The van der Waals surface area contributed by atoms with Crippen molar-refractivity contribution in [3.63, 3.8) is 0 Å². The molecule has 2 rings (SSSR count). The van der Waals surface area contributed by atoms with Gasteiger partial charge in [-0.25, -0.2) is 17.9 Å². The standard InChI is InChI=1S/C19H25N3O6S/c1-4-9-27-16-8-7-14(11-17(16)29(25,26)22-19(24)20-3)12-18(23)21-13(2)15-6-5-10-28-15/h5-8,10-11,13H,4,9,12H2,1-3H3,(H,21,23)(H2,20,22,24). The summed E-state index contributed by atoms with van der Waals surface area (Å²) in [6.45, 7) is 3.97. The van der Waals surface area contributed by atoms with Crippen LogP contribution >= 0.6 is 0 Å². The number of carbonyl (C=O) groups excluding carboxylic acids is 2. The predicted octanol–water partition coefficient (Wildman–Crippen LogP) is 2.11. The normalized spacial score (nSPS) is 12.1. The van der Waals surface area contributed by atoms with E-state index in [1.807, 2.05) is 11.6 Å². The Balaban J connectivity index is 2.22. The summed E-state index contributed by atoms with van der Waals surface area (Å²) in [6.07, 6.45) is 2.14. The molecule has 1 aromatic carbocycles. The Hall–Kier alpha value is -3.01. The van der Waals surface area contributed by atoms with Crippen molar-refractivity contribution in [1.82, 2.24) is 15.4 Å². The van der Waals surface area contributed by atoms with Gasteiger partial charge in [-0.05, 0) is 43.2 Å². The molecule has 0 fully saturated rings. The Morgan fingerprint density at radius 3 is 2.62 bits per heavy atom. The monoisotopic (exact) mass is 423 g/mol. The molecular formula is C19H25N3O6S. The number of furan rings is 1. The highest BCUT2D eigenvalue weighted by Crippen LogP contribution is 2.26. The number of rotatable bonds is 9. The van der Waals surface area contributed by atoms with Crippen LogP contribution in [0.3, 0.4) is 0 Å². The van der Waals surface area contributed by atoms with E-state index in [0.29, 0.717) is 24.4 Å². The van der Waals surface area contributed by atoms with Crippen molar-refractivity contribution in [1.29, 1.82) is 0 Å². The number of hydrogen-bond donors (Lipinski definition) is 3. The number of benzene rings is 1. The molecule has 29 heavy (non-hydrogen) atoms. The molecular weight excluding hydrogens is 398 g/mol. The maximum absolute atomic E-state index is 12.6. The summed E-state index contributed by atoms with van der Waals surface area (Å²) in [6, 6.07) is 6.69. The molecule has 0 radical (unpaired) electrons. The van der Waals surface area contributed by atoms with Crippen LogP contribution < -0.4 is 20.1 Å². The maximum atomic E-state index is 12.6. The predicted molar refractivity (Wildman–Crippen MR) is 106 cm³/mol. The van der Waals surface area contributed by atoms with Crippen LogP contribution in [0.25, 0.3) is 0 Å². The molecule has 0 aliphatic carbocycles. The fourth-order valence-electron chi connectivity index (χ4n) is 2.52. The summed E-state index contributed by atoms with van der Waals surface area (Å²) in [4.78, 5) is 23.6. The molecule has 1 unspecified atom stereocenters. The summed E-state index contributed by atoms with van der Waals surface area (Å²) in [7, 11) is -2.88. The summed E-state index contributed by atoms with van der Waals surface area (Å²) in [5.41, 5.74) is 0.454. The molecule has 0 bridgehead atoms. The SMILES string of the molecule is CCCOc1ccc(CC(=O)NC(C)c2ccco2)cc1S(=O)(=O)NC(=O)NC. The van der Waals surface area contributed by atoms with Gasteiger partial charge in [0.25, 0.3) is 10.0 Å². The van der Waals surface area contributed by atoms with Crippen LogP contribution in [0, 0.1) is 0 Å². The van der Waals surface area contributed by atoms with E-state index in [0.717, 1.165) is 0 Å². The van der Waals surface area contributed by atoms with Crippen molar-refractivity contribution >= 4 is 22.0 Å². The van der Waals surface area contributed by atoms with Crippen LogP contribution in [0.5, 0.6) is 5.75 Å². The Morgan fingerprint density at radius 1 is 1.24 bits per heavy atom. The maximum Gasteiger partial charge on any atom is 0.328 e. The molecule has 0 saturated heterocycles. The lowest BCUT2D eigenvalue weighted by Gasteiger charge is -2.15. The lowest BCUT2D eigenvalue weighted by molar-refractivity contribution is -0.121. The lowest BCUT2D eigenvalue weighted by Crippen LogP contribution is -2.37. The topological polar surface area (TPSA) is 127 Å². The van der Waals surface area contributed by atoms with Gasteiger partial charge in [0.2, 0.25) is 5.91 Å². The zero-order chi connectivity index (χ0) is 21.4. The Kier molecular flexibility index (Phi) is 7.66. The first-order valence-electron chi connectivity index (χ1n) is 9.09. The second-order valence-electron chi connectivity index (χ2n) is 6.30. The third-order valence-electron chi connectivity index (χ3n) is 3.93. The van der Waals surface area contributed by atoms with Gasteiger partial charge in [-0.15, -0.1) is 0 Å². The van der Waals surface area contributed by atoms with E-state index in [2.05, 4.69) is 10.6 Å². The number of nitrogens with one attached hydrogen (secondary N) is 3. The fourth-order valence-corrected chi connectivity index (χ4v) is 3.67. The van der Waals surface area contributed by atoms with Gasteiger partial charge in [-0.2, -0.15) is 0 Å². The largest absolute Gasteiger partial charge is 0.492 e. The van der Waals surface area contributed by atoms with Gasteiger partial charge in [-0.3, -0.25) is 4.79 Å². The molecule has 2 aromatic rings. The van der Waals surface area contributed by atoms with Crippen molar-refractivity contribution in [3.8, 4) is 5.75 Å². The van der Waals surface area contributed by atoms with E-state index in [-0.39, 0.29) is 29.0 Å². The number of carbonyl (C=O) groups is 2. The smallest absolute Gasteiger partial charge is 0.328 e. The van der Waals surface area contributed by atoms with E-state index in [1.54, 1.807) is 25.1 Å². The molecule has 0 saturated carbocycles. The van der Waals surface area contributed by atoms with Crippen molar-refractivity contribution in [2.45, 2.75) is 37.6 Å². The minimum Gasteiger partial charge on any atom is -0.492 e. The van der Waals surface area contributed by atoms with E-state index >= 15 is 0 Å². The molecule has 1 aromatic heterocycles. The van der Waals surface area contributed by atoms with Gasteiger partial charge in [0.15, 0.2) is 0 Å². The van der Waals surface area contributed by atoms with Gasteiger partial charge in [-0.1, -0.05) is 13.0 Å². The number of amides is 3. The van der Waals surface area contributed by atoms with E-state index in [4.69, 9.17) is 9.15 Å². The van der Waals surface area contributed by atoms with Crippen LogP contribution in [0.1, 0.15) is 37.6 Å². The van der Waals surface area contributed by atoms with Crippen LogP contribution in [-0.2, 0) is 21.2 Å². The lowest BCUT2D eigenvalue weighted by atomic mass is 10.1. The average Bonchev–Trinajstić information content (AvgIpc) is 3.21. The van der Waals surface area contributed by atoms with Crippen LogP contribution in [0.4, 0.5) is 4.79 Å². The van der Waals surface area contributed by atoms with Gasteiger partial charge in [0.05, 0.1) is 25.3 Å². The molecule has 1 atom stereocenters. The van der Waals surface area contributed by atoms with Crippen molar-refractivity contribution < 1.29 is 27.2 Å². The Bertz CT molecular complexity index is 941. The Morgan fingerprint density at radius 2 is 2.00 bits per heavy atom. The quantitative estimate of drug-likeness (QED) is 0.567. The summed E-state index contributed by atoms with van der Waals surface area (Å²) in [5, 5.41) is 4.98. The minimum absolute atomic E-state index is 0.0540. The zero-order valence-electron chi connectivity index (χ0n) is 16.5. The first-order chi connectivity index (χ1) is 13.8. The molecule has 3 N–H and O–H groups in total. The van der Waals surface area contributed by atoms with Gasteiger partial charge in [0, 0.05) is 7.05 Å². The summed E-state index contributed by atoms with van der Waals surface area (Å²) in [5.74, 6) is 0.412. The van der Waals surface area contributed by atoms with Crippen molar-refractivity contribution in [2.75, 3.05) is 13.7 Å². The van der Waals surface area contributed by atoms with Crippen LogP contribution in [0.15, 0.2) is 45.9 Å². The van der Waals surface area contributed by atoms with Gasteiger partial charge >= 0.3 is 6.03 Å². The molecule has 0 aliphatic heterocycles. The highest BCUT2D eigenvalue weighted by atomic mass is 32.2. The third-order valence-corrected chi connectivity index (χ3v) is 5.28. The summed E-state index contributed by atoms with van der Waals surface area (Å²) >= 11 is 0. The number of ether oxygens (including phenoxy) is 1. The Labute approximate surface area is 169 Å². The van der Waals surface area contributed by atoms with E-state index in [9.17, 15) is 18.0 Å². The fraction of sp³-hybridized carbons (Fsp3) is 0.368. The number of hydrogen-bond acceptors (Lipinski definition) is 6. The van der Waals surface area contributed by atoms with Gasteiger partial charge in [0.1, 0.15) is 16.4 Å².